The SMILES string of the molecule is O=C(Nc1ccc(N2CCOCC2)cc1)c1ccccc1CSc1nc2ccccc2o1. The highest BCUT2D eigenvalue weighted by molar-refractivity contribution is 7.98. The van der Waals surface area contributed by atoms with E-state index in [0.717, 1.165) is 54.3 Å². The summed E-state index contributed by atoms with van der Waals surface area (Å²) in [6, 6.07) is 23.3. The van der Waals surface area contributed by atoms with Crippen LogP contribution in [0.25, 0.3) is 11.1 Å². The molecule has 0 saturated carbocycles. The van der Waals surface area contributed by atoms with Crippen LogP contribution in [0.1, 0.15) is 15.9 Å². The molecule has 1 N–H and O–H groups in total. The number of ether oxygens (including phenoxy) is 1. The van der Waals surface area contributed by atoms with Gasteiger partial charge in [-0.15, -0.1) is 0 Å². The summed E-state index contributed by atoms with van der Waals surface area (Å²) >= 11 is 1.48. The van der Waals surface area contributed by atoms with Crippen molar-refractivity contribution < 1.29 is 13.9 Å². The maximum Gasteiger partial charge on any atom is 0.257 e. The summed E-state index contributed by atoms with van der Waals surface area (Å²) in [6.45, 7) is 3.27. The lowest BCUT2D eigenvalue weighted by molar-refractivity contribution is 0.102. The average Bonchev–Trinajstić information content (AvgIpc) is 3.27. The van der Waals surface area contributed by atoms with Gasteiger partial charge in [0.1, 0.15) is 5.52 Å². The lowest BCUT2D eigenvalue weighted by Crippen LogP contribution is -2.36. The Morgan fingerprint density at radius 1 is 0.969 bits per heavy atom. The zero-order valence-corrected chi connectivity index (χ0v) is 18.3. The van der Waals surface area contributed by atoms with Crippen molar-refractivity contribution in [2.24, 2.45) is 0 Å². The minimum Gasteiger partial charge on any atom is -0.431 e. The largest absolute Gasteiger partial charge is 0.431 e. The normalized spacial score (nSPS) is 13.9. The Balaban J connectivity index is 1.26. The minimum absolute atomic E-state index is 0.127. The summed E-state index contributed by atoms with van der Waals surface area (Å²) in [5.74, 6) is 0.463. The molecule has 0 bridgehead atoms. The van der Waals surface area contributed by atoms with Crippen molar-refractivity contribution in [1.29, 1.82) is 0 Å². The highest BCUT2D eigenvalue weighted by atomic mass is 32.2. The Hall–Kier alpha value is -3.29. The van der Waals surface area contributed by atoms with E-state index in [-0.39, 0.29) is 5.91 Å². The predicted molar refractivity (Wildman–Crippen MR) is 127 cm³/mol. The van der Waals surface area contributed by atoms with Crippen LogP contribution >= 0.6 is 11.8 Å². The molecule has 0 spiro atoms. The van der Waals surface area contributed by atoms with E-state index >= 15 is 0 Å². The van der Waals surface area contributed by atoms with E-state index in [9.17, 15) is 4.79 Å². The number of nitrogens with one attached hydrogen (secondary N) is 1. The van der Waals surface area contributed by atoms with Gasteiger partial charge in [-0.05, 0) is 48.0 Å². The highest BCUT2D eigenvalue weighted by Crippen LogP contribution is 2.28. The summed E-state index contributed by atoms with van der Waals surface area (Å²) in [4.78, 5) is 19.8. The van der Waals surface area contributed by atoms with Crippen LogP contribution in [0.4, 0.5) is 11.4 Å². The molecular formula is C25H23N3O3S. The minimum atomic E-state index is -0.127. The lowest BCUT2D eigenvalue weighted by atomic mass is 10.1. The number of rotatable bonds is 6. The second-order valence-corrected chi connectivity index (χ2v) is 8.42. The maximum absolute atomic E-state index is 13.0. The van der Waals surface area contributed by atoms with E-state index < -0.39 is 0 Å². The lowest BCUT2D eigenvalue weighted by Gasteiger charge is -2.28. The molecule has 3 aromatic carbocycles. The number of nitrogens with zero attached hydrogens (tertiary/aromatic N) is 2. The molecule has 162 valence electrons. The number of carbonyl (C=O) groups is 1. The number of hydrogen-bond acceptors (Lipinski definition) is 6. The Labute approximate surface area is 190 Å². The molecule has 1 fully saturated rings. The number of para-hydroxylation sites is 2. The molecule has 0 aliphatic carbocycles. The fraction of sp³-hybridized carbons (Fsp3) is 0.200. The van der Waals surface area contributed by atoms with Crippen molar-refractivity contribution in [3.63, 3.8) is 0 Å². The Bertz CT molecular complexity index is 1180. The van der Waals surface area contributed by atoms with Crippen molar-refractivity contribution in [2.45, 2.75) is 11.0 Å². The van der Waals surface area contributed by atoms with Crippen LogP contribution in [0.15, 0.2) is 82.4 Å². The summed E-state index contributed by atoms with van der Waals surface area (Å²) < 4.78 is 11.2. The van der Waals surface area contributed by atoms with Gasteiger partial charge >= 0.3 is 0 Å². The molecule has 4 aromatic rings. The van der Waals surface area contributed by atoms with Gasteiger partial charge in [-0.2, -0.15) is 0 Å². The molecule has 1 saturated heterocycles. The number of thioether (sulfide) groups is 1. The molecule has 0 radical (unpaired) electrons. The zero-order chi connectivity index (χ0) is 21.8. The van der Waals surface area contributed by atoms with Crippen LogP contribution in [0.3, 0.4) is 0 Å². The molecule has 6 nitrogen and oxygen atoms in total. The summed E-state index contributed by atoms with van der Waals surface area (Å²) in [7, 11) is 0. The third kappa shape index (κ3) is 4.64. The molecule has 2 heterocycles. The summed E-state index contributed by atoms with van der Waals surface area (Å²) in [5.41, 5.74) is 5.09. The monoisotopic (exact) mass is 445 g/mol. The number of benzene rings is 3. The quantitative estimate of drug-likeness (QED) is 0.411. The first kappa shape index (κ1) is 20.6. The van der Waals surface area contributed by atoms with Gasteiger partial charge in [-0.1, -0.05) is 42.1 Å². The second kappa shape index (κ2) is 9.46. The van der Waals surface area contributed by atoms with Crippen molar-refractivity contribution in [1.82, 2.24) is 4.98 Å². The van der Waals surface area contributed by atoms with Crippen LogP contribution in [-0.2, 0) is 10.5 Å². The Kier molecular flexibility index (Phi) is 6.09. The summed E-state index contributed by atoms with van der Waals surface area (Å²) in [6.07, 6.45) is 0. The predicted octanol–water partition coefficient (Wildman–Crippen LogP) is 5.21. The fourth-order valence-electron chi connectivity index (χ4n) is 3.70. The molecule has 1 amide bonds. The Morgan fingerprint density at radius 2 is 1.72 bits per heavy atom. The van der Waals surface area contributed by atoms with E-state index in [1.807, 2.05) is 72.8 Å². The molecular weight excluding hydrogens is 422 g/mol. The molecule has 0 unspecified atom stereocenters. The molecule has 32 heavy (non-hydrogen) atoms. The van der Waals surface area contributed by atoms with Gasteiger partial charge in [0.15, 0.2) is 5.58 Å². The number of anilines is 2. The number of amides is 1. The van der Waals surface area contributed by atoms with Gasteiger partial charge in [0.05, 0.1) is 13.2 Å². The molecule has 7 heteroatoms. The standard InChI is InChI=1S/C25H23N3O3S/c29-24(26-19-9-11-20(12-10-19)28-13-15-30-16-14-28)21-6-2-1-5-18(21)17-32-25-27-22-7-3-4-8-23(22)31-25/h1-12H,13-17H2,(H,26,29). The number of morpholine rings is 1. The van der Waals surface area contributed by atoms with E-state index in [4.69, 9.17) is 9.15 Å². The van der Waals surface area contributed by atoms with Gasteiger partial charge in [0, 0.05) is 35.8 Å². The van der Waals surface area contributed by atoms with Crippen molar-refractivity contribution in [3.8, 4) is 0 Å². The third-order valence-electron chi connectivity index (χ3n) is 5.39. The number of aromatic nitrogens is 1. The maximum atomic E-state index is 13.0. The molecule has 1 aromatic heterocycles. The molecule has 5 rings (SSSR count). The molecule has 1 aliphatic heterocycles. The van der Waals surface area contributed by atoms with Crippen molar-refractivity contribution in [3.05, 3.63) is 83.9 Å². The van der Waals surface area contributed by atoms with Crippen LogP contribution in [0, 0.1) is 0 Å². The van der Waals surface area contributed by atoms with Crippen LogP contribution in [-0.4, -0.2) is 37.2 Å². The molecule has 0 atom stereocenters. The number of carbonyl (C=O) groups excluding carboxylic acids is 1. The van der Waals surface area contributed by atoms with Gasteiger partial charge < -0.3 is 19.4 Å². The third-order valence-corrected chi connectivity index (χ3v) is 6.27. The van der Waals surface area contributed by atoms with E-state index in [0.29, 0.717) is 16.5 Å². The first-order chi connectivity index (χ1) is 15.8. The van der Waals surface area contributed by atoms with Gasteiger partial charge in [-0.25, -0.2) is 4.98 Å². The topological polar surface area (TPSA) is 67.6 Å². The van der Waals surface area contributed by atoms with E-state index in [2.05, 4.69) is 15.2 Å². The number of hydrogen-bond donors (Lipinski definition) is 1. The van der Waals surface area contributed by atoms with Crippen molar-refractivity contribution >= 4 is 40.1 Å². The first-order valence-electron chi connectivity index (χ1n) is 10.6. The van der Waals surface area contributed by atoms with Crippen LogP contribution in [0.2, 0.25) is 0 Å². The van der Waals surface area contributed by atoms with Gasteiger partial charge in [0.25, 0.3) is 11.1 Å². The van der Waals surface area contributed by atoms with Crippen LogP contribution < -0.4 is 10.2 Å². The average molecular weight is 446 g/mol. The zero-order valence-electron chi connectivity index (χ0n) is 17.5. The number of oxazole rings is 1. The van der Waals surface area contributed by atoms with E-state index in [1.54, 1.807) is 0 Å². The van der Waals surface area contributed by atoms with Gasteiger partial charge in [0.2, 0.25) is 0 Å². The van der Waals surface area contributed by atoms with E-state index in [1.165, 1.54) is 11.8 Å². The second-order valence-electron chi connectivity index (χ2n) is 7.49. The molecule has 1 aliphatic rings. The first-order valence-corrected chi connectivity index (χ1v) is 11.6. The van der Waals surface area contributed by atoms with Crippen LogP contribution in [0.5, 0.6) is 0 Å². The highest BCUT2D eigenvalue weighted by Gasteiger charge is 2.14. The Morgan fingerprint density at radius 3 is 2.53 bits per heavy atom. The number of fused-ring (bicyclic) bond motifs is 1. The smallest absolute Gasteiger partial charge is 0.257 e. The van der Waals surface area contributed by atoms with Crippen molar-refractivity contribution in [2.75, 3.05) is 36.5 Å². The fourth-order valence-corrected chi connectivity index (χ4v) is 4.54. The van der Waals surface area contributed by atoms with Gasteiger partial charge in [-0.3, -0.25) is 4.79 Å². The summed E-state index contributed by atoms with van der Waals surface area (Å²) in [5, 5.41) is 3.62.